The molecule has 2 amide bonds. The summed E-state index contributed by atoms with van der Waals surface area (Å²) in [4.78, 5) is 30.9. The maximum Gasteiger partial charge on any atom is 0.415 e. The van der Waals surface area contributed by atoms with Gasteiger partial charge in [0.15, 0.2) is 16.3 Å². The van der Waals surface area contributed by atoms with Crippen molar-refractivity contribution in [3.63, 3.8) is 0 Å². The van der Waals surface area contributed by atoms with Gasteiger partial charge in [-0.05, 0) is 60.4 Å². The number of piperidine rings is 1. The van der Waals surface area contributed by atoms with Crippen LogP contribution in [0.4, 0.5) is 22.4 Å². The number of hydrogen-bond donors (Lipinski definition) is 0. The first-order valence-corrected chi connectivity index (χ1v) is 17.9. The van der Waals surface area contributed by atoms with E-state index in [0.29, 0.717) is 50.2 Å². The first kappa shape index (κ1) is 37.2. The molecule has 1 unspecified atom stereocenters. The highest BCUT2D eigenvalue weighted by molar-refractivity contribution is 7.92. The van der Waals surface area contributed by atoms with Gasteiger partial charge in [-0.15, -0.1) is 0 Å². The van der Waals surface area contributed by atoms with Crippen molar-refractivity contribution >= 4 is 46.4 Å². The maximum atomic E-state index is 14.5. The molecule has 1 fully saturated rings. The third kappa shape index (κ3) is 8.14. The van der Waals surface area contributed by atoms with Crippen LogP contribution >= 0.6 is 23.2 Å². The molecule has 3 aromatic rings. The number of nitrogens with zero attached hydrogens (tertiary/aromatic N) is 3. The predicted molar refractivity (Wildman–Crippen MR) is 182 cm³/mol. The van der Waals surface area contributed by atoms with Crippen LogP contribution in [-0.4, -0.2) is 77.7 Å². The number of ether oxygens (including phenoxy) is 1. The van der Waals surface area contributed by atoms with Crippen LogP contribution in [0.3, 0.4) is 0 Å². The molecule has 0 saturated carbocycles. The molecule has 49 heavy (non-hydrogen) atoms. The SMILES string of the molecule is CN(C[C@](CCCN1CCC2(CC1)c1ccccc1C[S+]2[O-])(c1ccc(Cl)c(Cl)c1)N(C)C(=O)Oc1ccccc1F)C(=O)CC(F)(F)F. The van der Waals surface area contributed by atoms with E-state index >= 15 is 0 Å². The minimum atomic E-state index is -4.75. The van der Waals surface area contributed by atoms with Crippen molar-refractivity contribution in [3.05, 3.63) is 99.3 Å². The molecule has 2 atom stereocenters. The van der Waals surface area contributed by atoms with Crippen molar-refractivity contribution in [3.8, 4) is 5.75 Å². The van der Waals surface area contributed by atoms with Crippen LogP contribution in [0.1, 0.15) is 48.8 Å². The molecule has 7 nitrogen and oxygen atoms in total. The zero-order valence-corrected chi connectivity index (χ0v) is 29.4. The summed E-state index contributed by atoms with van der Waals surface area (Å²) in [5.41, 5.74) is 1.19. The molecular weight excluding hydrogens is 705 g/mol. The summed E-state index contributed by atoms with van der Waals surface area (Å²) in [6.07, 6.45) is -5.42. The highest BCUT2D eigenvalue weighted by atomic mass is 35.5. The monoisotopic (exact) mass is 741 g/mol. The number of benzene rings is 3. The first-order chi connectivity index (χ1) is 23.1. The molecule has 3 aromatic carbocycles. The molecule has 264 valence electrons. The fourth-order valence-electron chi connectivity index (χ4n) is 6.94. The van der Waals surface area contributed by atoms with Crippen molar-refractivity contribution in [1.82, 2.24) is 14.7 Å². The Bertz CT molecular complexity index is 1670. The summed E-state index contributed by atoms with van der Waals surface area (Å²) >= 11 is 11.6. The second-order valence-corrected chi connectivity index (χ2v) is 15.2. The van der Waals surface area contributed by atoms with Gasteiger partial charge in [0.25, 0.3) is 0 Å². The third-order valence-electron chi connectivity index (χ3n) is 9.64. The van der Waals surface area contributed by atoms with Gasteiger partial charge in [0.05, 0.1) is 15.6 Å². The highest BCUT2D eigenvalue weighted by Crippen LogP contribution is 2.49. The smallest absolute Gasteiger partial charge is 0.415 e. The number of alkyl halides is 3. The van der Waals surface area contributed by atoms with E-state index in [1.165, 1.54) is 49.3 Å². The number of amides is 2. The standard InChI is InChI=1S/C35H37Cl2F4N3O4S/c1-42(31(45)21-35(39,40)41)23-33(25-12-13-27(36)28(37)20-25,43(2)32(46)48-30-11-6-5-10-29(30)38)14-7-17-44-18-15-34(16-19-44)26-9-4-3-8-24(26)22-49(34)47/h3-6,8-13,20H,7,14-19,21-23H2,1-2H3/t33-,49?/m1/s1. The topological polar surface area (TPSA) is 76.2 Å². The lowest BCUT2D eigenvalue weighted by Gasteiger charge is -2.45. The molecule has 14 heteroatoms. The number of carbonyl (C=O) groups excluding carboxylic acids is 2. The van der Waals surface area contributed by atoms with Gasteiger partial charge >= 0.3 is 12.3 Å². The summed E-state index contributed by atoms with van der Waals surface area (Å²) in [5, 5.41) is 0.348. The van der Waals surface area contributed by atoms with Gasteiger partial charge in [-0.2, -0.15) is 13.2 Å². The van der Waals surface area contributed by atoms with Crippen molar-refractivity contribution in [2.24, 2.45) is 0 Å². The Morgan fingerprint density at radius 2 is 1.67 bits per heavy atom. The zero-order valence-electron chi connectivity index (χ0n) is 27.1. The van der Waals surface area contributed by atoms with Gasteiger partial charge in [-0.3, -0.25) is 9.69 Å². The Morgan fingerprint density at radius 3 is 2.35 bits per heavy atom. The van der Waals surface area contributed by atoms with Gasteiger partial charge in [0, 0.05) is 57.7 Å². The van der Waals surface area contributed by atoms with Crippen LogP contribution in [-0.2, 0) is 32.0 Å². The fraction of sp³-hybridized carbons (Fsp3) is 0.429. The number of likely N-dealkylation sites (tertiary alicyclic amines) is 1. The zero-order chi connectivity index (χ0) is 35.6. The van der Waals surface area contributed by atoms with Gasteiger partial charge in [-0.25, -0.2) is 9.18 Å². The Morgan fingerprint density at radius 1 is 1.00 bits per heavy atom. The van der Waals surface area contributed by atoms with Crippen LogP contribution in [0.15, 0.2) is 66.7 Å². The molecule has 1 spiro atoms. The lowest BCUT2D eigenvalue weighted by Crippen LogP contribution is -2.55. The van der Waals surface area contributed by atoms with Crippen LogP contribution in [0.2, 0.25) is 10.0 Å². The second-order valence-electron chi connectivity index (χ2n) is 12.6. The quantitative estimate of drug-likeness (QED) is 0.156. The molecule has 2 aliphatic heterocycles. The largest absolute Gasteiger partial charge is 0.615 e. The van der Waals surface area contributed by atoms with E-state index in [4.69, 9.17) is 27.9 Å². The number of rotatable bonds is 10. The number of para-hydroxylation sites is 1. The van der Waals surface area contributed by atoms with Crippen molar-refractivity contribution in [2.75, 3.05) is 40.3 Å². The summed E-state index contributed by atoms with van der Waals surface area (Å²) < 4.78 is 72.7. The van der Waals surface area contributed by atoms with E-state index in [1.54, 1.807) is 6.07 Å². The van der Waals surface area contributed by atoms with E-state index in [9.17, 15) is 31.7 Å². The van der Waals surface area contributed by atoms with Crippen LogP contribution in [0, 0.1) is 5.82 Å². The molecule has 0 aliphatic carbocycles. The molecule has 2 heterocycles. The average Bonchev–Trinajstić information content (AvgIpc) is 3.32. The van der Waals surface area contributed by atoms with Gasteiger partial charge in [0.2, 0.25) is 5.91 Å². The minimum Gasteiger partial charge on any atom is -0.615 e. The van der Waals surface area contributed by atoms with Gasteiger partial charge in [-0.1, -0.05) is 65.7 Å². The number of halogens is 6. The van der Waals surface area contributed by atoms with Crippen LogP contribution in [0.5, 0.6) is 5.75 Å². The third-order valence-corrected chi connectivity index (χ3v) is 12.5. The van der Waals surface area contributed by atoms with Crippen LogP contribution in [0.25, 0.3) is 0 Å². The second kappa shape index (κ2) is 15.1. The number of likely N-dealkylation sites (N-methyl/N-ethyl adjacent to an activating group) is 2. The maximum absolute atomic E-state index is 14.5. The van der Waals surface area contributed by atoms with Crippen molar-refractivity contribution in [1.29, 1.82) is 0 Å². The lowest BCUT2D eigenvalue weighted by molar-refractivity contribution is -0.161. The number of hydrogen-bond acceptors (Lipinski definition) is 5. The molecule has 5 rings (SSSR count). The summed E-state index contributed by atoms with van der Waals surface area (Å²) in [6, 6.07) is 18.0. The molecule has 1 saturated heterocycles. The van der Waals surface area contributed by atoms with Crippen LogP contribution < -0.4 is 4.74 Å². The van der Waals surface area contributed by atoms with E-state index in [2.05, 4.69) is 11.0 Å². The normalized spacial score (nSPS) is 18.5. The first-order valence-electron chi connectivity index (χ1n) is 15.8. The van der Waals surface area contributed by atoms with E-state index in [0.717, 1.165) is 22.1 Å². The Balaban J connectivity index is 1.42. The molecule has 0 radical (unpaired) electrons. The molecular formula is C35H37Cl2F4N3O4S. The molecule has 0 N–H and O–H groups in total. The lowest BCUT2D eigenvalue weighted by atomic mass is 9.82. The fourth-order valence-corrected chi connectivity index (χ4v) is 9.13. The van der Waals surface area contributed by atoms with Crippen molar-refractivity contribution < 1.29 is 36.4 Å². The van der Waals surface area contributed by atoms with Gasteiger partial charge in [0.1, 0.15) is 12.2 Å². The minimum absolute atomic E-state index is 0.134. The number of carbonyl (C=O) groups is 2. The molecule has 2 aliphatic rings. The Kier molecular flexibility index (Phi) is 11.4. The van der Waals surface area contributed by atoms with Crippen molar-refractivity contribution in [2.45, 2.75) is 54.3 Å². The highest BCUT2D eigenvalue weighted by Gasteiger charge is 2.52. The van der Waals surface area contributed by atoms with E-state index < -0.39 is 51.9 Å². The predicted octanol–water partition coefficient (Wildman–Crippen LogP) is 7.90. The summed E-state index contributed by atoms with van der Waals surface area (Å²) in [7, 11) is 2.63. The number of fused-ring (bicyclic) bond motifs is 2. The van der Waals surface area contributed by atoms with E-state index in [1.807, 2.05) is 18.2 Å². The molecule has 0 aromatic heterocycles. The Hall–Kier alpha value is -3.03. The average molecular weight is 743 g/mol. The van der Waals surface area contributed by atoms with Gasteiger partial charge < -0.3 is 19.1 Å². The molecule has 0 bridgehead atoms. The summed E-state index contributed by atoms with van der Waals surface area (Å²) in [5.74, 6) is -1.77. The Labute approximate surface area is 296 Å². The van der Waals surface area contributed by atoms with E-state index in [-0.39, 0.29) is 28.8 Å². The summed E-state index contributed by atoms with van der Waals surface area (Å²) in [6.45, 7) is 1.54.